The SMILES string of the molecule is CCCCCCN(CCCCC)C(=S)[S-].CCCCCCN(CCCCC)C(=S)[S-].[Cu+2]. The van der Waals surface area contributed by atoms with Gasteiger partial charge in [-0.25, -0.2) is 0 Å². The van der Waals surface area contributed by atoms with Gasteiger partial charge in [0, 0.05) is 26.2 Å². The summed E-state index contributed by atoms with van der Waals surface area (Å²) in [6, 6.07) is 0. The Kier molecular flexibility index (Phi) is 33.7. The van der Waals surface area contributed by atoms with Crippen LogP contribution in [0.25, 0.3) is 0 Å². The van der Waals surface area contributed by atoms with Crippen molar-refractivity contribution < 1.29 is 17.1 Å². The van der Waals surface area contributed by atoms with Gasteiger partial charge in [-0.1, -0.05) is 101 Å². The quantitative estimate of drug-likeness (QED) is 0.0731. The van der Waals surface area contributed by atoms with Crippen molar-refractivity contribution in [1.82, 2.24) is 9.80 Å². The number of rotatable bonds is 18. The number of hydrogen-bond donors (Lipinski definition) is 0. The molecule has 1 radical (unpaired) electrons. The number of unbranched alkanes of at least 4 members (excludes halogenated alkanes) is 10. The molecule has 0 heterocycles. The maximum Gasteiger partial charge on any atom is 2.00 e. The van der Waals surface area contributed by atoms with Gasteiger partial charge in [-0.05, 0) is 25.7 Å². The summed E-state index contributed by atoms with van der Waals surface area (Å²) < 4.78 is 1.31. The van der Waals surface area contributed by atoms with E-state index < -0.39 is 0 Å². The predicted octanol–water partition coefficient (Wildman–Crippen LogP) is 7.78. The van der Waals surface area contributed by atoms with E-state index in [1.165, 1.54) is 89.9 Å². The monoisotopic (exact) mass is 555 g/mol. The molecule has 2 nitrogen and oxygen atoms in total. The van der Waals surface area contributed by atoms with Gasteiger partial charge >= 0.3 is 17.1 Å². The zero-order valence-corrected chi connectivity index (χ0v) is 24.8. The molecule has 0 saturated heterocycles. The maximum atomic E-state index is 5.09. The fourth-order valence-corrected chi connectivity index (χ4v) is 3.88. The molecule has 0 aliphatic rings. The molecule has 0 unspecified atom stereocenters. The van der Waals surface area contributed by atoms with E-state index in [1.807, 2.05) is 0 Å². The Balaban J connectivity index is -0.000000490. The predicted molar refractivity (Wildman–Crippen MR) is 150 cm³/mol. The molecule has 0 atom stereocenters. The summed E-state index contributed by atoms with van der Waals surface area (Å²) in [7, 11) is 0. The van der Waals surface area contributed by atoms with Gasteiger partial charge in [0.1, 0.15) is 0 Å². The van der Waals surface area contributed by atoms with Crippen LogP contribution < -0.4 is 0 Å². The maximum absolute atomic E-state index is 5.09. The third kappa shape index (κ3) is 26.9. The van der Waals surface area contributed by atoms with Crippen LogP contribution in [0.4, 0.5) is 0 Å². The van der Waals surface area contributed by atoms with E-state index in [-0.39, 0.29) is 17.1 Å². The molecule has 7 heteroatoms. The van der Waals surface area contributed by atoms with E-state index in [4.69, 9.17) is 49.7 Å². The molecule has 189 valence electrons. The summed E-state index contributed by atoms with van der Waals surface area (Å²) in [6.07, 6.45) is 17.8. The molecule has 0 amide bonds. The topological polar surface area (TPSA) is 6.48 Å². The van der Waals surface area contributed by atoms with Crippen LogP contribution in [0.1, 0.15) is 118 Å². The molecule has 0 bridgehead atoms. The first-order valence-corrected chi connectivity index (χ1v) is 14.0. The second kappa shape index (κ2) is 28.8. The Bertz CT molecular complexity index is 362. The van der Waals surface area contributed by atoms with Crippen molar-refractivity contribution in [2.24, 2.45) is 0 Å². The fourth-order valence-electron chi connectivity index (χ4n) is 3.15. The van der Waals surface area contributed by atoms with Gasteiger partial charge in [0.15, 0.2) is 0 Å². The molecular formula is C24H48CuN2S4. The average molecular weight is 556 g/mol. The smallest absolute Gasteiger partial charge is 0.411 e. The van der Waals surface area contributed by atoms with Gasteiger partial charge in [0.25, 0.3) is 0 Å². The van der Waals surface area contributed by atoms with Crippen molar-refractivity contribution in [3.8, 4) is 0 Å². The van der Waals surface area contributed by atoms with E-state index in [9.17, 15) is 0 Å². The van der Waals surface area contributed by atoms with Crippen molar-refractivity contribution in [3.63, 3.8) is 0 Å². The van der Waals surface area contributed by atoms with Gasteiger partial charge in [0.05, 0.1) is 0 Å². The van der Waals surface area contributed by atoms with Gasteiger partial charge in [-0.2, -0.15) is 0 Å². The molecule has 0 spiro atoms. The van der Waals surface area contributed by atoms with E-state index in [0.717, 1.165) is 26.2 Å². The summed E-state index contributed by atoms with van der Waals surface area (Å²) in [4.78, 5) is 4.38. The molecule has 0 rings (SSSR count). The molecule has 0 saturated carbocycles. The number of hydrogen-bond acceptors (Lipinski definition) is 4. The summed E-state index contributed by atoms with van der Waals surface area (Å²) in [6.45, 7) is 13.1. The Morgan fingerprint density at radius 3 is 0.935 bits per heavy atom. The number of nitrogens with zero attached hydrogens (tertiary/aromatic N) is 2. The molecule has 0 aliphatic heterocycles. The van der Waals surface area contributed by atoms with E-state index in [0.29, 0.717) is 8.64 Å². The third-order valence-electron chi connectivity index (χ3n) is 5.14. The molecule has 0 aromatic heterocycles. The Morgan fingerprint density at radius 2 is 0.710 bits per heavy atom. The van der Waals surface area contributed by atoms with E-state index in [2.05, 4.69) is 37.5 Å². The largest absolute Gasteiger partial charge is 2.00 e. The normalized spacial score (nSPS) is 9.94. The van der Waals surface area contributed by atoms with Crippen molar-refractivity contribution in [3.05, 3.63) is 0 Å². The van der Waals surface area contributed by atoms with Crippen molar-refractivity contribution in [2.45, 2.75) is 118 Å². The summed E-state index contributed by atoms with van der Waals surface area (Å²) in [5.74, 6) is 0. The van der Waals surface area contributed by atoms with Crippen LogP contribution in [0.5, 0.6) is 0 Å². The van der Waals surface area contributed by atoms with Gasteiger partial charge < -0.3 is 59.5 Å². The Hall–Kier alpha value is 0.739. The van der Waals surface area contributed by atoms with Gasteiger partial charge in [-0.15, -0.1) is 0 Å². The van der Waals surface area contributed by atoms with Crippen LogP contribution in [0.2, 0.25) is 0 Å². The first-order chi connectivity index (χ1) is 14.4. The first kappa shape index (κ1) is 36.3. The van der Waals surface area contributed by atoms with Gasteiger partial charge in [0.2, 0.25) is 0 Å². The molecule has 0 aromatic rings. The van der Waals surface area contributed by atoms with Crippen LogP contribution in [-0.4, -0.2) is 44.6 Å². The summed E-state index contributed by atoms with van der Waals surface area (Å²) in [5.41, 5.74) is 0. The fraction of sp³-hybridized carbons (Fsp3) is 0.917. The van der Waals surface area contributed by atoms with Gasteiger partial charge in [-0.3, -0.25) is 0 Å². The Morgan fingerprint density at radius 1 is 0.484 bits per heavy atom. The van der Waals surface area contributed by atoms with E-state index in [1.54, 1.807) is 0 Å². The van der Waals surface area contributed by atoms with Crippen molar-refractivity contribution in [2.75, 3.05) is 26.2 Å². The molecule has 0 aromatic carbocycles. The average Bonchev–Trinajstić information content (AvgIpc) is 2.71. The molecule has 0 fully saturated rings. The first-order valence-electron chi connectivity index (χ1n) is 12.4. The summed E-state index contributed by atoms with van der Waals surface area (Å²) in [5, 5.41) is 0. The zero-order chi connectivity index (χ0) is 23.0. The Labute approximate surface area is 227 Å². The van der Waals surface area contributed by atoms with Crippen LogP contribution >= 0.6 is 24.4 Å². The molecule has 0 N–H and O–H groups in total. The van der Waals surface area contributed by atoms with Crippen LogP contribution in [0, 0.1) is 0 Å². The zero-order valence-electron chi connectivity index (χ0n) is 20.6. The van der Waals surface area contributed by atoms with Crippen LogP contribution in [-0.2, 0) is 42.3 Å². The van der Waals surface area contributed by atoms with Crippen LogP contribution in [0.3, 0.4) is 0 Å². The minimum Gasteiger partial charge on any atom is -0.411 e. The van der Waals surface area contributed by atoms with E-state index >= 15 is 0 Å². The molecule has 31 heavy (non-hydrogen) atoms. The van der Waals surface area contributed by atoms with Crippen molar-refractivity contribution in [1.29, 1.82) is 0 Å². The molecule has 0 aliphatic carbocycles. The van der Waals surface area contributed by atoms with Crippen LogP contribution in [0.15, 0.2) is 0 Å². The minimum atomic E-state index is 0. The number of thiocarbonyl (C=S) groups is 2. The minimum absolute atomic E-state index is 0. The second-order valence-electron chi connectivity index (χ2n) is 8.04. The second-order valence-corrected chi connectivity index (χ2v) is 10.1. The third-order valence-corrected chi connectivity index (χ3v) is 6.18. The van der Waals surface area contributed by atoms with Crippen molar-refractivity contribution >= 4 is 58.3 Å². The molecular weight excluding hydrogens is 508 g/mol. The standard InChI is InChI=1S/2C12H25NS2.Cu/c2*1-3-5-7-9-11-13(12(14)15)10-8-6-4-2;/h2*3-11H2,1-2H3,(H,14,15);/q;;+2/p-2. The summed E-state index contributed by atoms with van der Waals surface area (Å²) >= 11 is 20.3.